The van der Waals surface area contributed by atoms with Crippen LogP contribution in [0.4, 0.5) is 5.95 Å². The first kappa shape index (κ1) is 11.3. The molecule has 0 unspecified atom stereocenters. The molecule has 1 fully saturated rings. The van der Waals surface area contributed by atoms with Crippen LogP contribution in [0.25, 0.3) is 16.8 Å². The number of aromatic nitrogens is 5. The number of H-pyrrole nitrogens is 1. The van der Waals surface area contributed by atoms with E-state index in [1.165, 1.54) is 6.42 Å². The van der Waals surface area contributed by atoms with Crippen molar-refractivity contribution in [3.05, 3.63) is 24.7 Å². The van der Waals surface area contributed by atoms with Gasteiger partial charge >= 0.3 is 0 Å². The molecule has 20 heavy (non-hydrogen) atoms. The van der Waals surface area contributed by atoms with Gasteiger partial charge in [-0.1, -0.05) is 0 Å². The number of hydrogen-bond donors (Lipinski definition) is 2. The van der Waals surface area contributed by atoms with Crippen LogP contribution < -0.4 is 10.5 Å². The Hall–Kier alpha value is -2.57. The third-order valence-electron chi connectivity index (χ3n) is 3.62. The van der Waals surface area contributed by atoms with E-state index in [-0.39, 0.29) is 12.1 Å². The van der Waals surface area contributed by atoms with Crippen LogP contribution in [0.1, 0.15) is 19.3 Å². The van der Waals surface area contributed by atoms with Gasteiger partial charge in [-0.15, -0.1) is 5.10 Å². The molecule has 1 aliphatic rings. The Morgan fingerprint density at radius 2 is 2.30 bits per heavy atom. The normalized spacial score (nSPS) is 15.4. The number of nitrogen functional groups attached to an aromatic ring is 1. The van der Waals surface area contributed by atoms with Crippen LogP contribution in [0.15, 0.2) is 24.7 Å². The van der Waals surface area contributed by atoms with Crippen LogP contribution >= 0.6 is 0 Å². The second-order valence-electron chi connectivity index (χ2n) is 4.95. The van der Waals surface area contributed by atoms with Crippen molar-refractivity contribution in [1.82, 2.24) is 24.8 Å². The topological polar surface area (TPSA) is 94.1 Å². The molecule has 0 spiro atoms. The number of anilines is 1. The highest BCUT2D eigenvalue weighted by atomic mass is 16.5. The molecule has 0 atom stereocenters. The molecule has 1 aliphatic carbocycles. The van der Waals surface area contributed by atoms with Crippen LogP contribution in [0.3, 0.4) is 0 Å². The maximum Gasteiger partial charge on any atom is 0.240 e. The van der Waals surface area contributed by atoms with Crippen LogP contribution in [-0.4, -0.2) is 30.9 Å². The lowest BCUT2D eigenvalue weighted by Crippen LogP contribution is -2.25. The molecule has 0 aromatic carbocycles. The molecule has 102 valence electrons. The quantitative estimate of drug-likeness (QED) is 0.754. The predicted octanol–water partition coefficient (Wildman–Crippen LogP) is 1.63. The molecular weight excluding hydrogens is 256 g/mol. The molecule has 3 aromatic heterocycles. The summed E-state index contributed by atoms with van der Waals surface area (Å²) in [7, 11) is 0. The lowest BCUT2D eigenvalue weighted by atomic mass is 9.96. The fourth-order valence-electron chi connectivity index (χ4n) is 2.34. The molecule has 0 amide bonds. The van der Waals surface area contributed by atoms with Gasteiger partial charge in [-0.25, -0.2) is 4.52 Å². The second kappa shape index (κ2) is 4.22. The number of aromatic amines is 1. The maximum absolute atomic E-state index is 6.11. The van der Waals surface area contributed by atoms with E-state index in [1.807, 2.05) is 18.5 Å². The van der Waals surface area contributed by atoms with Crippen LogP contribution in [0, 0.1) is 0 Å². The van der Waals surface area contributed by atoms with Crippen LogP contribution in [-0.2, 0) is 0 Å². The van der Waals surface area contributed by atoms with Crippen molar-refractivity contribution < 1.29 is 4.74 Å². The average molecular weight is 270 g/mol. The monoisotopic (exact) mass is 270 g/mol. The Labute approximate surface area is 114 Å². The first-order chi connectivity index (χ1) is 9.81. The molecular formula is C13H14N6O. The molecule has 4 rings (SSSR count). The smallest absolute Gasteiger partial charge is 0.240 e. The summed E-state index contributed by atoms with van der Waals surface area (Å²) in [6.07, 6.45) is 9.05. The predicted molar refractivity (Wildman–Crippen MR) is 73.2 cm³/mol. The van der Waals surface area contributed by atoms with Crippen LogP contribution in [0.2, 0.25) is 0 Å². The summed E-state index contributed by atoms with van der Waals surface area (Å²) >= 11 is 0. The fraction of sp³-hybridized carbons (Fsp3) is 0.308. The molecule has 0 bridgehead atoms. The Bertz CT molecular complexity index is 744. The summed E-state index contributed by atoms with van der Waals surface area (Å²) in [6.45, 7) is 0. The van der Waals surface area contributed by atoms with Crippen molar-refractivity contribution in [2.24, 2.45) is 0 Å². The lowest BCUT2D eigenvalue weighted by molar-refractivity contribution is 0.122. The van der Waals surface area contributed by atoms with E-state index in [0.29, 0.717) is 5.65 Å². The zero-order valence-corrected chi connectivity index (χ0v) is 10.8. The number of rotatable bonds is 3. The molecule has 3 aromatic rings. The Morgan fingerprint density at radius 3 is 3.00 bits per heavy atom. The van der Waals surface area contributed by atoms with Gasteiger partial charge in [0.2, 0.25) is 5.95 Å². The third kappa shape index (κ3) is 1.70. The number of fused-ring (bicyclic) bond motifs is 1. The van der Waals surface area contributed by atoms with E-state index >= 15 is 0 Å². The minimum atomic E-state index is 0.243. The number of nitrogens with two attached hydrogens (primary N) is 1. The fourth-order valence-corrected chi connectivity index (χ4v) is 2.34. The average Bonchev–Trinajstić information content (AvgIpc) is 3.01. The second-order valence-corrected chi connectivity index (χ2v) is 4.95. The van der Waals surface area contributed by atoms with Crippen molar-refractivity contribution >= 4 is 11.6 Å². The van der Waals surface area contributed by atoms with Crippen LogP contribution in [0.5, 0.6) is 5.75 Å². The summed E-state index contributed by atoms with van der Waals surface area (Å²) in [4.78, 5) is 4.27. The Balaban J connectivity index is 1.90. The van der Waals surface area contributed by atoms with Crippen molar-refractivity contribution in [2.75, 3.05) is 5.73 Å². The molecule has 0 saturated heterocycles. The maximum atomic E-state index is 6.11. The summed E-state index contributed by atoms with van der Waals surface area (Å²) in [5.74, 6) is 0.968. The van der Waals surface area contributed by atoms with E-state index in [4.69, 9.17) is 10.5 Å². The number of ether oxygens (including phenoxy) is 1. The Kier molecular flexibility index (Phi) is 2.38. The minimum absolute atomic E-state index is 0.243. The van der Waals surface area contributed by atoms with Gasteiger partial charge in [-0.3, -0.25) is 5.10 Å². The van der Waals surface area contributed by atoms with Crippen molar-refractivity contribution in [3.63, 3.8) is 0 Å². The highest BCUT2D eigenvalue weighted by molar-refractivity contribution is 5.77. The highest BCUT2D eigenvalue weighted by Crippen LogP contribution is 2.36. The summed E-state index contributed by atoms with van der Waals surface area (Å²) < 4.78 is 7.76. The first-order valence-corrected chi connectivity index (χ1v) is 6.62. The molecule has 3 N–H and O–H groups in total. The number of nitrogens with zero attached hydrogens (tertiary/aromatic N) is 4. The molecule has 7 nitrogen and oxygen atoms in total. The zero-order valence-electron chi connectivity index (χ0n) is 10.8. The van der Waals surface area contributed by atoms with Gasteiger partial charge in [0.15, 0.2) is 11.4 Å². The van der Waals surface area contributed by atoms with Crippen molar-refractivity contribution in [1.29, 1.82) is 0 Å². The van der Waals surface area contributed by atoms with E-state index < -0.39 is 0 Å². The first-order valence-electron chi connectivity index (χ1n) is 6.62. The van der Waals surface area contributed by atoms with Gasteiger partial charge in [0.25, 0.3) is 0 Å². The number of hydrogen-bond acceptors (Lipinski definition) is 5. The third-order valence-corrected chi connectivity index (χ3v) is 3.62. The van der Waals surface area contributed by atoms with E-state index in [0.717, 1.165) is 29.7 Å². The molecule has 1 saturated carbocycles. The van der Waals surface area contributed by atoms with Gasteiger partial charge in [0.05, 0.1) is 12.3 Å². The Morgan fingerprint density at radius 1 is 1.40 bits per heavy atom. The number of nitrogens with one attached hydrogen (secondary N) is 1. The highest BCUT2D eigenvalue weighted by Gasteiger charge is 2.23. The molecule has 3 heterocycles. The van der Waals surface area contributed by atoms with Gasteiger partial charge in [0, 0.05) is 23.5 Å². The SMILES string of the molecule is Nc1nc2c(OC3CCC3)c(-c3cn[nH]c3)ccn2n1. The van der Waals surface area contributed by atoms with Gasteiger partial charge < -0.3 is 10.5 Å². The summed E-state index contributed by atoms with van der Waals surface area (Å²) in [5.41, 5.74) is 8.25. The van der Waals surface area contributed by atoms with Gasteiger partial charge in [-0.2, -0.15) is 10.1 Å². The summed E-state index contributed by atoms with van der Waals surface area (Å²) in [6, 6.07) is 1.94. The summed E-state index contributed by atoms with van der Waals surface area (Å²) in [5, 5.41) is 10.9. The van der Waals surface area contributed by atoms with Gasteiger partial charge in [0.1, 0.15) is 0 Å². The van der Waals surface area contributed by atoms with E-state index in [9.17, 15) is 0 Å². The molecule has 0 radical (unpaired) electrons. The standard InChI is InChI=1S/C13H14N6O/c14-13-17-12-11(20-9-2-1-3-9)10(4-5-19(12)18-13)8-6-15-16-7-8/h4-7,9H,1-3H2,(H2,14,18)(H,15,16). The van der Waals surface area contributed by atoms with Crippen molar-refractivity contribution in [3.8, 4) is 16.9 Å². The van der Waals surface area contributed by atoms with Crippen molar-refractivity contribution in [2.45, 2.75) is 25.4 Å². The molecule has 7 heteroatoms. The van der Waals surface area contributed by atoms with E-state index in [2.05, 4.69) is 20.3 Å². The number of pyridine rings is 1. The lowest BCUT2D eigenvalue weighted by Gasteiger charge is -2.27. The zero-order chi connectivity index (χ0) is 13.5. The minimum Gasteiger partial charge on any atom is -0.486 e. The molecule has 0 aliphatic heterocycles. The van der Waals surface area contributed by atoms with E-state index in [1.54, 1.807) is 10.7 Å². The largest absolute Gasteiger partial charge is 0.486 e. The van der Waals surface area contributed by atoms with Gasteiger partial charge in [-0.05, 0) is 25.3 Å².